The Labute approximate surface area is 166 Å². The number of nitrogens with zero attached hydrogens (tertiary/aromatic N) is 4. The van der Waals surface area contributed by atoms with Crippen molar-refractivity contribution in [3.05, 3.63) is 62.7 Å². The zero-order valence-corrected chi connectivity index (χ0v) is 15.3. The topological polar surface area (TPSA) is 209 Å². The lowest BCUT2D eigenvalue weighted by Gasteiger charge is -2.09. The second kappa shape index (κ2) is 7.34. The van der Waals surface area contributed by atoms with Gasteiger partial charge in [-0.25, -0.2) is 8.42 Å². The number of benzene rings is 3. The van der Waals surface area contributed by atoms with Gasteiger partial charge < -0.3 is 14.8 Å². The molecule has 13 nitrogen and oxygen atoms in total. The summed E-state index contributed by atoms with van der Waals surface area (Å²) in [6.45, 7) is 0. The maximum Gasteiger partial charge on any atom is 0.319 e. The third kappa shape index (κ3) is 3.85. The second-order valence-electron chi connectivity index (χ2n) is 5.82. The van der Waals surface area contributed by atoms with E-state index in [4.69, 9.17) is 0 Å². The number of non-ortho nitro benzene ring substituents is 1. The van der Waals surface area contributed by atoms with E-state index < -0.39 is 53.4 Å². The number of phenols is 2. The standard InChI is InChI=1S/C16H10N4O9S/c21-14-4-1-8-5-10(30(27,28)29)2-3-11(8)15(14)18-17-12-6-9(19(23)24)7-13(16(12)22)20(25)26/h1-7,21-22H,(H,27,28,29)/p-1. The molecule has 14 heteroatoms. The van der Waals surface area contributed by atoms with Crippen molar-refractivity contribution in [2.24, 2.45) is 10.2 Å². The molecule has 0 atom stereocenters. The Hall–Kier alpha value is -4.17. The number of nitro benzene ring substituents is 2. The highest BCUT2D eigenvalue weighted by molar-refractivity contribution is 7.85. The number of aromatic hydroxyl groups is 2. The molecule has 154 valence electrons. The van der Waals surface area contributed by atoms with E-state index in [0.717, 1.165) is 24.3 Å². The van der Waals surface area contributed by atoms with Crippen LogP contribution in [0.5, 0.6) is 11.5 Å². The number of hydrogen-bond donors (Lipinski definition) is 2. The lowest BCUT2D eigenvalue weighted by Crippen LogP contribution is -1.97. The van der Waals surface area contributed by atoms with Crippen molar-refractivity contribution in [2.75, 3.05) is 0 Å². The summed E-state index contributed by atoms with van der Waals surface area (Å²) in [7, 11) is -4.73. The van der Waals surface area contributed by atoms with Crippen LogP contribution in [0, 0.1) is 20.2 Å². The van der Waals surface area contributed by atoms with E-state index in [-0.39, 0.29) is 16.5 Å². The van der Waals surface area contributed by atoms with E-state index in [1.54, 1.807) is 0 Å². The van der Waals surface area contributed by atoms with Gasteiger partial charge in [0, 0.05) is 11.5 Å². The number of nitro groups is 2. The minimum atomic E-state index is -4.73. The largest absolute Gasteiger partial charge is 0.744 e. The van der Waals surface area contributed by atoms with Crippen molar-refractivity contribution < 1.29 is 33.0 Å². The quantitative estimate of drug-likeness (QED) is 0.261. The maximum absolute atomic E-state index is 11.2. The van der Waals surface area contributed by atoms with Crippen LogP contribution in [0.25, 0.3) is 10.8 Å². The van der Waals surface area contributed by atoms with E-state index in [1.807, 2.05) is 0 Å². The van der Waals surface area contributed by atoms with Crippen LogP contribution in [-0.4, -0.2) is 33.0 Å². The Kier molecular flexibility index (Phi) is 5.03. The van der Waals surface area contributed by atoms with Gasteiger partial charge in [-0.1, -0.05) is 12.1 Å². The average molecular weight is 433 g/mol. The van der Waals surface area contributed by atoms with Gasteiger partial charge in [0.15, 0.2) is 0 Å². The molecule has 0 bridgehead atoms. The van der Waals surface area contributed by atoms with Gasteiger partial charge in [-0.15, -0.1) is 10.2 Å². The Balaban J connectivity index is 2.18. The van der Waals surface area contributed by atoms with Gasteiger partial charge in [0.2, 0.25) is 5.75 Å². The molecule has 0 fully saturated rings. The van der Waals surface area contributed by atoms with E-state index in [9.17, 15) is 43.4 Å². The SMILES string of the molecule is O=[N+]([O-])c1cc(N=Nc2c(O)ccc3cc(S(=O)(=O)[O-])ccc23)c(O)c([N+](=O)[O-])c1. The van der Waals surface area contributed by atoms with Gasteiger partial charge in [0.1, 0.15) is 27.2 Å². The smallest absolute Gasteiger partial charge is 0.319 e. The molecule has 3 aromatic rings. The number of azo groups is 1. The predicted octanol–water partition coefficient (Wildman–Crippen LogP) is 3.39. The summed E-state index contributed by atoms with van der Waals surface area (Å²) in [4.78, 5) is 19.5. The van der Waals surface area contributed by atoms with Crippen molar-refractivity contribution in [2.45, 2.75) is 4.90 Å². The number of fused-ring (bicyclic) bond motifs is 1. The van der Waals surface area contributed by atoms with E-state index in [2.05, 4.69) is 10.2 Å². The van der Waals surface area contributed by atoms with Gasteiger partial charge >= 0.3 is 5.69 Å². The molecule has 0 saturated heterocycles. The molecular weight excluding hydrogens is 424 g/mol. The first kappa shape index (κ1) is 20.6. The number of hydrogen-bond acceptors (Lipinski definition) is 11. The first-order valence-corrected chi connectivity index (χ1v) is 9.19. The van der Waals surface area contributed by atoms with E-state index >= 15 is 0 Å². The third-order valence-corrected chi connectivity index (χ3v) is 4.78. The van der Waals surface area contributed by atoms with E-state index in [0.29, 0.717) is 6.07 Å². The normalized spacial score (nSPS) is 11.8. The van der Waals surface area contributed by atoms with Crippen LogP contribution in [0.4, 0.5) is 22.7 Å². The van der Waals surface area contributed by atoms with Crippen molar-refractivity contribution >= 4 is 43.6 Å². The molecule has 0 spiro atoms. The summed E-state index contributed by atoms with van der Waals surface area (Å²) in [5, 5.41) is 49.6. The third-order valence-electron chi connectivity index (χ3n) is 3.95. The van der Waals surface area contributed by atoms with Crippen molar-refractivity contribution in [3.8, 4) is 11.5 Å². The Bertz CT molecular complexity index is 1350. The Morgan fingerprint density at radius 3 is 2.20 bits per heavy atom. The summed E-state index contributed by atoms with van der Waals surface area (Å²) >= 11 is 0. The first-order valence-electron chi connectivity index (χ1n) is 7.78. The number of phenolic OH excluding ortho intramolecular Hbond substituents is 2. The Morgan fingerprint density at radius 2 is 1.60 bits per heavy atom. The summed E-state index contributed by atoms with van der Waals surface area (Å²) in [6.07, 6.45) is 0. The molecule has 0 aromatic heterocycles. The number of rotatable bonds is 5. The lowest BCUT2D eigenvalue weighted by molar-refractivity contribution is -0.394. The molecule has 30 heavy (non-hydrogen) atoms. The van der Waals surface area contributed by atoms with Crippen LogP contribution >= 0.6 is 0 Å². The minimum absolute atomic E-state index is 0.158. The van der Waals surface area contributed by atoms with Crippen molar-refractivity contribution in [1.82, 2.24) is 0 Å². The highest BCUT2D eigenvalue weighted by Gasteiger charge is 2.24. The molecule has 0 heterocycles. The summed E-state index contributed by atoms with van der Waals surface area (Å²) in [6, 6.07) is 6.96. The second-order valence-corrected chi connectivity index (χ2v) is 7.20. The summed E-state index contributed by atoms with van der Waals surface area (Å²) in [5.74, 6) is -1.41. The molecule has 0 aliphatic rings. The van der Waals surface area contributed by atoms with Crippen LogP contribution in [0.15, 0.2) is 57.6 Å². The molecule has 0 unspecified atom stereocenters. The lowest BCUT2D eigenvalue weighted by atomic mass is 10.1. The van der Waals surface area contributed by atoms with Gasteiger partial charge in [-0.05, 0) is 23.6 Å². The first-order chi connectivity index (χ1) is 14.0. The molecule has 0 saturated carbocycles. The molecule has 3 rings (SSSR count). The minimum Gasteiger partial charge on any atom is -0.744 e. The molecular formula is C16H9N4O9S-. The van der Waals surface area contributed by atoms with Crippen LogP contribution in [0.2, 0.25) is 0 Å². The fourth-order valence-electron chi connectivity index (χ4n) is 2.56. The molecule has 2 N–H and O–H groups in total. The maximum atomic E-state index is 11.2. The van der Waals surface area contributed by atoms with Gasteiger partial charge in [-0.2, -0.15) is 0 Å². The molecule has 0 aliphatic carbocycles. The molecule has 3 aromatic carbocycles. The van der Waals surface area contributed by atoms with Gasteiger partial charge in [0.25, 0.3) is 5.69 Å². The molecule has 0 aliphatic heterocycles. The van der Waals surface area contributed by atoms with Gasteiger partial charge in [-0.3, -0.25) is 20.2 Å². The molecule has 0 radical (unpaired) electrons. The zero-order chi connectivity index (χ0) is 22.2. The summed E-state index contributed by atoms with van der Waals surface area (Å²) < 4.78 is 33.5. The average Bonchev–Trinajstić information content (AvgIpc) is 2.66. The van der Waals surface area contributed by atoms with Crippen LogP contribution in [0.1, 0.15) is 0 Å². The van der Waals surface area contributed by atoms with Crippen LogP contribution in [0.3, 0.4) is 0 Å². The fourth-order valence-corrected chi connectivity index (χ4v) is 3.06. The van der Waals surface area contributed by atoms with Crippen LogP contribution in [-0.2, 0) is 10.1 Å². The zero-order valence-electron chi connectivity index (χ0n) is 14.5. The fraction of sp³-hybridized carbons (Fsp3) is 0. The van der Waals surface area contributed by atoms with Crippen molar-refractivity contribution in [3.63, 3.8) is 0 Å². The van der Waals surface area contributed by atoms with Gasteiger partial charge in [0.05, 0.1) is 20.8 Å². The van der Waals surface area contributed by atoms with E-state index in [1.165, 1.54) is 12.1 Å². The summed E-state index contributed by atoms with van der Waals surface area (Å²) in [5.41, 5.74) is -2.52. The van der Waals surface area contributed by atoms with Crippen LogP contribution < -0.4 is 0 Å². The Morgan fingerprint density at radius 1 is 0.900 bits per heavy atom. The monoisotopic (exact) mass is 433 g/mol. The highest BCUT2D eigenvalue weighted by atomic mass is 32.2. The van der Waals surface area contributed by atoms with Crippen molar-refractivity contribution in [1.29, 1.82) is 0 Å². The molecule has 0 amide bonds. The predicted molar refractivity (Wildman–Crippen MR) is 99.2 cm³/mol. The highest BCUT2D eigenvalue weighted by Crippen LogP contribution is 2.42.